The quantitative estimate of drug-likeness (QED) is 0.622. The summed E-state index contributed by atoms with van der Waals surface area (Å²) in [6.45, 7) is 2.54. The zero-order chi connectivity index (χ0) is 18.4. The van der Waals surface area contributed by atoms with Crippen LogP contribution in [0.2, 0.25) is 5.02 Å². The minimum absolute atomic E-state index is 0.107. The van der Waals surface area contributed by atoms with Gasteiger partial charge in [-0.15, -0.1) is 0 Å². The number of nitrogens with zero attached hydrogens (tertiary/aromatic N) is 1. The second-order valence-corrected chi connectivity index (χ2v) is 6.50. The Morgan fingerprint density at radius 1 is 1.48 bits per heavy atom. The van der Waals surface area contributed by atoms with Crippen molar-refractivity contribution in [3.63, 3.8) is 0 Å². The number of anilines is 1. The maximum atomic E-state index is 12.7. The average Bonchev–Trinajstić information content (AvgIpc) is 2.62. The number of likely N-dealkylation sites (tertiary alicyclic amines) is 1. The van der Waals surface area contributed by atoms with Gasteiger partial charge in [0.05, 0.1) is 35.5 Å². The second-order valence-electron chi connectivity index (χ2n) is 6.09. The molecular formula is C17H26ClN3O4. The Kier molecular flexibility index (Phi) is 7.31. The molecule has 1 saturated heterocycles. The van der Waals surface area contributed by atoms with Crippen LogP contribution in [0.3, 0.4) is 0 Å². The van der Waals surface area contributed by atoms with Gasteiger partial charge in [-0.25, -0.2) is 0 Å². The molecule has 7 nitrogen and oxygen atoms in total. The number of methoxy groups -OCH3 is 2. The predicted molar refractivity (Wildman–Crippen MR) is 97.2 cm³/mol. The van der Waals surface area contributed by atoms with E-state index in [1.807, 2.05) is 0 Å². The summed E-state index contributed by atoms with van der Waals surface area (Å²) in [6, 6.07) is 2.95. The molecule has 1 aliphatic heterocycles. The number of rotatable bonds is 7. The fourth-order valence-corrected chi connectivity index (χ4v) is 3.21. The van der Waals surface area contributed by atoms with Crippen molar-refractivity contribution in [3.05, 3.63) is 22.7 Å². The number of piperidine rings is 1. The van der Waals surface area contributed by atoms with Crippen molar-refractivity contribution in [2.24, 2.45) is 0 Å². The van der Waals surface area contributed by atoms with Gasteiger partial charge in [-0.2, -0.15) is 0 Å². The van der Waals surface area contributed by atoms with E-state index < -0.39 is 0 Å². The predicted octanol–water partition coefficient (Wildman–Crippen LogP) is 1.13. The number of benzene rings is 1. The van der Waals surface area contributed by atoms with Crippen molar-refractivity contribution in [1.29, 1.82) is 0 Å². The molecule has 1 heterocycles. The van der Waals surface area contributed by atoms with Crippen LogP contribution in [0.1, 0.15) is 23.2 Å². The summed E-state index contributed by atoms with van der Waals surface area (Å²) in [7, 11) is 3.12. The van der Waals surface area contributed by atoms with E-state index in [0.717, 1.165) is 25.9 Å². The summed E-state index contributed by atoms with van der Waals surface area (Å²) in [4.78, 5) is 14.9. The number of hydrogen-bond acceptors (Lipinski definition) is 6. The number of hydrogen-bond donors (Lipinski definition) is 3. The summed E-state index contributed by atoms with van der Waals surface area (Å²) >= 11 is 6.04. The molecule has 2 rings (SSSR count). The minimum atomic E-state index is -0.269. The Balaban J connectivity index is 2.06. The molecule has 8 heteroatoms. The van der Waals surface area contributed by atoms with Crippen LogP contribution >= 0.6 is 11.6 Å². The molecule has 1 amide bonds. The lowest BCUT2D eigenvalue weighted by atomic mass is 10.0. The van der Waals surface area contributed by atoms with E-state index in [1.165, 1.54) is 13.2 Å². The summed E-state index contributed by atoms with van der Waals surface area (Å²) in [5.41, 5.74) is 6.47. The van der Waals surface area contributed by atoms with E-state index in [9.17, 15) is 4.79 Å². The Hall–Kier alpha value is -1.54. The van der Waals surface area contributed by atoms with Gasteiger partial charge in [0.1, 0.15) is 5.75 Å². The molecule has 25 heavy (non-hydrogen) atoms. The van der Waals surface area contributed by atoms with Gasteiger partial charge in [0.25, 0.3) is 5.91 Å². The summed E-state index contributed by atoms with van der Waals surface area (Å²) in [5, 5.41) is 12.3. The van der Waals surface area contributed by atoms with Crippen LogP contribution in [0.25, 0.3) is 0 Å². The minimum Gasteiger partial charge on any atom is -0.496 e. The topological polar surface area (TPSA) is 97.0 Å². The third kappa shape index (κ3) is 4.98. The lowest BCUT2D eigenvalue weighted by molar-refractivity contribution is 0.00503. The Labute approximate surface area is 153 Å². The number of aliphatic hydroxyl groups excluding tert-OH is 1. The molecule has 4 N–H and O–H groups in total. The van der Waals surface area contributed by atoms with Crippen LogP contribution < -0.4 is 15.8 Å². The molecule has 140 valence electrons. The first-order valence-electron chi connectivity index (χ1n) is 8.30. The fourth-order valence-electron chi connectivity index (χ4n) is 3.04. The number of nitrogens with two attached hydrogens (primary N) is 1. The summed E-state index contributed by atoms with van der Waals surface area (Å²) in [5.74, 6) is 0.114. The Bertz CT molecular complexity index is 600. The standard InChI is InChI=1S/C17H26ClN3O4/c1-24-15-9-13(19)12(18)8-11(15)17(23)20-14-4-6-21(5-3-7-22)10-16(14)25-2/h8-9,14,16,22H,3-7,10,19H2,1-2H3,(H,20,23)/t14-,16+/m0/s1. The Morgan fingerprint density at radius 3 is 2.88 bits per heavy atom. The first kappa shape index (κ1) is 19.8. The van der Waals surface area contributed by atoms with Crippen molar-refractivity contribution in [1.82, 2.24) is 10.2 Å². The molecule has 0 aromatic heterocycles. The van der Waals surface area contributed by atoms with E-state index in [2.05, 4.69) is 10.2 Å². The normalized spacial score (nSPS) is 21.1. The SMILES string of the molecule is COc1cc(N)c(Cl)cc1C(=O)N[C@H]1CCN(CCCO)C[C@H]1OC. The highest BCUT2D eigenvalue weighted by Gasteiger charge is 2.31. The highest BCUT2D eigenvalue weighted by atomic mass is 35.5. The van der Waals surface area contributed by atoms with Crippen molar-refractivity contribution in [2.75, 3.05) is 46.2 Å². The average molecular weight is 372 g/mol. The van der Waals surface area contributed by atoms with Gasteiger partial charge in [-0.3, -0.25) is 4.79 Å². The molecule has 0 unspecified atom stereocenters. The zero-order valence-electron chi connectivity index (χ0n) is 14.6. The van der Waals surface area contributed by atoms with E-state index in [4.69, 9.17) is 31.9 Å². The largest absolute Gasteiger partial charge is 0.496 e. The molecule has 0 spiro atoms. The van der Waals surface area contributed by atoms with Gasteiger partial charge in [-0.05, 0) is 18.9 Å². The molecule has 0 saturated carbocycles. The third-order valence-corrected chi connectivity index (χ3v) is 4.79. The van der Waals surface area contributed by atoms with Crippen molar-refractivity contribution in [3.8, 4) is 5.75 Å². The number of aliphatic hydroxyl groups is 1. The number of nitrogens with one attached hydrogen (secondary N) is 1. The smallest absolute Gasteiger partial charge is 0.255 e. The zero-order valence-corrected chi connectivity index (χ0v) is 15.4. The molecule has 1 aromatic rings. The van der Waals surface area contributed by atoms with Crippen LogP contribution in [-0.4, -0.2) is 68.5 Å². The molecule has 0 bridgehead atoms. The summed E-state index contributed by atoms with van der Waals surface area (Å²) < 4.78 is 10.8. The number of carbonyl (C=O) groups is 1. The monoisotopic (exact) mass is 371 g/mol. The molecule has 0 aliphatic carbocycles. The van der Waals surface area contributed by atoms with Gasteiger partial charge >= 0.3 is 0 Å². The highest BCUT2D eigenvalue weighted by Crippen LogP contribution is 2.29. The van der Waals surface area contributed by atoms with Crippen molar-refractivity contribution >= 4 is 23.2 Å². The molecule has 1 aromatic carbocycles. The molecule has 2 atom stereocenters. The van der Waals surface area contributed by atoms with E-state index in [1.54, 1.807) is 13.2 Å². The number of nitrogen functional groups attached to an aromatic ring is 1. The summed E-state index contributed by atoms with van der Waals surface area (Å²) in [6.07, 6.45) is 1.38. The number of ether oxygens (including phenoxy) is 2. The number of amides is 1. The number of halogens is 1. The van der Waals surface area contributed by atoms with Gasteiger partial charge < -0.3 is 30.5 Å². The fraction of sp³-hybridized carbons (Fsp3) is 0.588. The van der Waals surface area contributed by atoms with E-state index in [0.29, 0.717) is 28.6 Å². The van der Waals surface area contributed by atoms with Crippen LogP contribution in [-0.2, 0) is 4.74 Å². The maximum absolute atomic E-state index is 12.7. The molecular weight excluding hydrogens is 346 g/mol. The van der Waals surface area contributed by atoms with Crippen molar-refractivity contribution in [2.45, 2.75) is 25.0 Å². The number of carbonyl (C=O) groups excluding carboxylic acids is 1. The lowest BCUT2D eigenvalue weighted by Gasteiger charge is -2.38. The van der Waals surface area contributed by atoms with Crippen molar-refractivity contribution < 1.29 is 19.4 Å². The molecule has 0 radical (unpaired) electrons. The molecule has 1 fully saturated rings. The van der Waals surface area contributed by atoms with E-state index in [-0.39, 0.29) is 24.7 Å². The third-order valence-electron chi connectivity index (χ3n) is 4.46. The van der Waals surface area contributed by atoms with Gasteiger partial charge in [-0.1, -0.05) is 11.6 Å². The van der Waals surface area contributed by atoms with Crippen LogP contribution in [0.15, 0.2) is 12.1 Å². The van der Waals surface area contributed by atoms with E-state index >= 15 is 0 Å². The van der Waals surface area contributed by atoms with Crippen LogP contribution in [0.4, 0.5) is 5.69 Å². The van der Waals surface area contributed by atoms with Gasteiger partial charge in [0.15, 0.2) is 0 Å². The lowest BCUT2D eigenvalue weighted by Crippen LogP contribution is -2.55. The van der Waals surface area contributed by atoms with Crippen LogP contribution in [0.5, 0.6) is 5.75 Å². The molecule has 1 aliphatic rings. The second kappa shape index (κ2) is 9.24. The Morgan fingerprint density at radius 2 is 2.24 bits per heavy atom. The first-order valence-corrected chi connectivity index (χ1v) is 8.67. The highest BCUT2D eigenvalue weighted by molar-refractivity contribution is 6.33. The van der Waals surface area contributed by atoms with Crippen LogP contribution in [0, 0.1) is 0 Å². The maximum Gasteiger partial charge on any atom is 0.255 e. The van der Waals surface area contributed by atoms with Gasteiger partial charge in [0.2, 0.25) is 0 Å². The first-order chi connectivity index (χ1) is 12.0. The van der Waals surface area contributed by atoms with Gasteiger partial charge in [0, 0.05) is 39.4 Å².